The highest BCUT2D eigenvalue weighted by Crippen LogP contribution is 2.09. The third-order valence-corrected chi connectivity index (χ3v) is 3.07. The van der Waals surface area contributed by atoms with Gasteiger partial charge in [0.1, 0.15) is 6.04 Å². The van der Waals surface area contributed by atoms with Gasteiger partial charge < -0.3 is 16.2 Å². The van der Waals surface area contributed by atoms with Crippen LogP contribution in [0.3, 0.4) is 0 Å². The molecule has 0 saturated heterocycles. The lowest BCUT2D eigenvalue weighted by atomic mass is 10.2. The maximum atomic E-state index is 11.1. The first-order valence-corrected chi connectivity index (χ1v) is 5.93. The van der Waals surface area contributed by atoms with Crippen LogP contribution in [-0.4, -0.2) is 36.0 Å². The molecule has 6 heteroatoms. The smallest absolute Gasteiger partial charge is 0.323 e. The maximum absolute atomic E-state index is 11.1. The zero-order valence-corrected chi connectivity index (χ0v) is 9.88. The van der Waals surface area contributed by atoms with Crippen molar-refractivity contribution in [2.24, 2.45) is 17.4 Å². The highest BCUT2D eigenvalue weighted by atomic mass is 32.2. The minimum atomic E-state index is -0.630. The first-order valence-electron chi connectivity index (χ1n) is 4.78. The molecular weight excluding hydrogens is 216 g/mol. The predicted molar refractivity (Wildman–Crippen MR) is 60.3 cm³/mol. The van der Waals surface area contributed by atoms with Gasteiger partial charge in [0.15, 0.2) is 0 Å². The van der Waals surface area contributed by atoms with E-state index in [9.17, 15) is 9.59 Å². The van der Waals surface area contributed by atoms with Crippen LogP contribution in [0.1, 0.15) is 13.8 Å². The lowest BCUT2D eigenvalue weighted by molar-refractivity contribution is -0.144. The number of ether oxygens (including phenoxy) is 1. The van der Waals surface area contributed by atoms with Crippen molar-refractivity contribution in [3.63, 3.8) is 0 Å². The zero-order valence-electron chi connectivity index (χ0n) is 9.06. The molecule has 0 aliphatic carbocycles. The Morgan fingerprint density at radius 1 is 1.40 bits per heavy atom. The van der Waals surface area contributed by atoms with E-state index < -0.39 is 12.0 Å². The maximum Gasteiger partial charge on any atom is 0.323 e. The Balaban J connectivity index is 3.67. The van der Waals surface area contributed by atoms with E-state index in [2.05, 4.69) is 0 Å². The molecule has 0 bridgehead atoms. The largest absolute Gasteiger partial charge is 0.465 e. The summed E-state index contributed by atoms with van der Waals surface area (Å²) in [5, 5.41) is 0. The number of hydrogen-bond acceptors (Lipinski definition) is 5. The van der Waals surface area contributed by atoms with Crippen LogP contribution in [0.5, 0.6) is 0 Å². The minimum absolute atomic E-state index is 0.204. The summed E-state index contributed by atoms with van der Waals surface area (Å²) in [5.41, 5.74) is 10.6. The van der Waals surface area contributed by atoms with Gasteiger partial charge in [-0.1, -0.05) is 6.92 Å². The van der Waals surface area contributed by atoms with Crippen LogP contribution in [0, 0.1) is 5.92 Å². The van der Waals surface area contributed by atoms with Gasteiger partial charge in [0.05, 0.1) is 6.61 Å². The van der Waals surface area contributed by atoms with E-state index in [4.69, 9.17) is 16.2 Å². The second kappa shape index (κ2) is 7.53. The molecule has 15 heavy (non-hydrogen) atoms. The molecule has 2 atom stereocenters. The predicted octanol–water partition coefficient (Wildman–Crippen LogP) is -0.269. The summed E-state index contributed by atoms with van der Waals surface area (Å²) >= 11 is 1.43. The first-order chi connectivity index (χ1) is 6.99. The van der Waals surface area contributed by atoms with Gasteiger partial charge in [0.25, 0.3) is 0 Å². The number of nitrogens with two attached hydrogens (primary N) is 2. The lowest BCUT2D eigenvalue weighted by Crippen LogP contribution is -2.35. The number of hydrogen-bond donors (Lipinski definition) is 2. The molecule has 0 radical (unpaired) electrons. The van der Waals surface area contributed by atoms with Crippen LogP contribution >= 0.6 is 11.8 Å². The van der Waals surface area contributed by atoms with Crippen LogP contribution in [0.15, 0.2) is 0 Å². The SMILES string of the molecule is CCOC(=O)C(N)CSCC(C)C(N)=O. The molecule has 0 aromatic heterocycles. The Hall–Kier alpha value is -0.750. The third kappa shape index (κ3) is 6.35. The van der Waals surface area contributed by atoms with Crippen LogP contribution in [0.4, 0.5) is 0 Å². The lowest BCUT2D eigenvalue weighted by Gasteiger charge is -2.11. The fourth-order valence-corrected chi connectivity index (χ4v) is 1.82. The molecule has 0 saturated carbocycles. The molecule has 0 aliphatic heterocycles. The van der Waals surface area contributed by atoms with E-state index in [1.807, 2.05) is 0 Å². The van der Waals surface area contributed by atoms with E-state index in [1.54, 1.807) is 13.8 Å². The number of amides is 1. The van der Waals surface area contributed by atoms with Gasteiger partial charge in [-0.2, -0.15) is 11.8 Å². The Bertz CT molecular complexity index is 223. The molecule has 1 amide bonds. The molecule has 88 valence electrons. The number of esters is 1. The number of primary amides is 1. The van der Waals surface area contributed by atoms with Crippen molar-refractivity contribution in [2.75, 3.05) is 18.1 Å². The van der Waals surface area contributed by atoms with Crippen molar-refractivity contribution >= 4 is 23.6 Å². The summed E-state index contributed by atoms with van der Waals surface area (Å²) in [6.07, 6.45) is 0. The van der Waals surface area contributed by atoms with Gasteiger partial charge in [0.2, 0.25) is 5.91 Å². The van der Waals surface area contributed by atoms with Gasteiger partial charge in [-0.05, 0) is 6.92 Å². The summed E-state index contributed by atoms with van der Waals surface area (Å²) in [6.45, 7) is 3.80. The molecule has 0 fully saturated rings. The molecule has 0 aromatic carbocycles. The zero-order chi connectivity index (χ0) is 11.8. The van der Waals surface area contributed by atoms with E-state index in [0.29, 0.717) is 18.1 Å². The Kier molecular flexibility index (Phi) is 7.15. The fraction of sp³-hybridized carbons (Fsp3) is 0.778. The van der Waals surface area contributed by atoms with Crippen LogP contribution in [0.25, 0.3) is 0 Å². The fourth-order valence-electron chi connectivity index (χ4n) is 0.771. The van der Waals surface area contributed by atoms with Crippen molar-refractivity contribution in [3.05, 3.63) is 0 Å². The summed E-state index contributed by atoms with van der Waals surface area (Å²) in [7, 11) is 0. The normalized spacial score (nSPS) is 14.3. The quantitative estimate of drug-likeness (QED) is 0.591. The first kappa shape index (κ1) is 14.2. The van der Waals surface area contributed by atoms with Crippen molar-refractivity contribution in [3.8, 4) is 0 Å². The van der Waals surface area contributed by atoms with E-state index in [1.165, 1.54) is 11.8 Å². The van der Waals surface area contributed by atoms with Crippen molar-refractivity contribution < 1.29 is 14.3 Å². The Labute approximate surface area is 93.9 Å². The van der Waals surface area contributed by atoms with Gasteiger partial charge in [-0.15, -0.1) is 0 Å². The highest BCUT2D eigenvalue weighted by molar-refractivity contribution is 7.99. The van der Waals surface area contributed by atoms with E-state index in [-0.39, 0.29) is 11.8 Å². The van der Waals surface area contributed by atoms with Crippen molar-refractivity contribution in [1.29, 1.82) is 0 Å². The molecule has 4 N–H and O–H groups in total. The van der Waals surface area contributed by atoms with Gasteiger partial charge in [-0.25, -0.2) is 0 Å². The monoisotopic (exact) mass is 234 g/mol. The van der Waals surface area contributed by atoms with E-state index >= 15 is 0 Å². The average molecular weight is 234 g/mol. The number of carbonyl (C=O) groups excluding carboxylic acids is 2. The Morgan fingerprint density at radius 2 is 2.00 bits per heavy atom. The van der Waals surface area contributed by atoms with Gasteiger partial charge >= 0.3 is 5.97 Å². The summed E-state index contributed by atoms with van der Waals surface area (Å²) < 4.78 is 4.74. The molecule has 0 aliphatic rings. The summed E-state index contributed by atoms with van der Waals surface area (Å²) in [6, 6.07) is -0.630. The minimum Gasteiger partial charge on any atom is -0.465 e. The third-order valence-electron chi connectivity index (χ3n) is 1.74. The van der Waals surface area contributed by atoms with Crippen molar-refractivity contribution in [2.45, 2.75) is 19.9 Å². The summed E-state index contributed by atoms with van der Waals surface area (Å²) in [5.74, 6) is 0.0622. The van der Waals surface area contributed by atoms with Crippen LogP contribution in [-0.2, 0) is 14.3 Å². The summed E-state index contributed by atoms with van der Waals surface area (Å²) in [4.78, 5) is 21.8. The molecular formula is C9H18N2O3S. The molecule has 0 aromatic rings. The topological polar surface area (TPSA) is 95.4 Å². The highest BCUT2D eigenvalue weighted by Gasteiger charge is 2.15. The van der Waals surface area contributed by atoms with Crippen LogP contribution in [0.2, 0.25) is 0 Å². The molecule has 0 rings (SSSR count). The molecule has 5 nitrogen and oxygen atoms in total. The standard InChI is InChI=1S/C9H18N2O3S/c1-3-14-9(13)7(10)5-15-4-6(2)8(11)12/h6-7H,3-5,10H2,1-2H3,(H2,11,12). The molecule has 0 heterocycles. The number of thioether (sulfide) groups is 1. The second-order valence-electron chi connectivity index (χ2n) is 3.20. The van der Waals surface area contributed by atoms with Crippen LogP contribution < -0.4 is 11.5 Å². The van der Waals surface area contributed by atoms with E-state index in [0.717, 1.165) is 0 Å². The number of rotatable bonds is 7. The molecule has 2 unspecified atom stereocenters. The Morgan fingerprint density at radius 3 is 2.47 bits per heavy atom. The van der Waals surface area contributed by atoms with Gasteiger partial charge in [0, 0.05) is 17.4 Å². The average Bonchev–Trinajstić information content (AvgIpc) is 2.17. The molecule has 0 spiro atoms. The number of carbonyl (C=O) groups is 2. The van der Waals surface area contributed by atoms with Crippen molar-refractivity contribution in [1.82, 2.24) is 0 Å². The second-order valence-corrected chi connectivity index (χ2v) is 4.27. The van der Waals surface area contributed by atoms with Gasteiger partial charge in [-0.3, -0.25) is 9.59 Å².